The fourth-order valence-electron chi connectivity index (χ4n) is 3.78. The normalized spacial score (nSPS) is 16.5. The first kappa shape index (κ1) is 19.4. The number of aryl methyl sites for hydroxylation is 1. The third-order valence-electron chi connectivity index (χ3n) is 5.31. The summed E-state index contributed by atoms with van der Waals surface area (Å²) in [7, 11) is 3.23. The van der Waals surface area contributed by atoms with Crippen molar-refractivity contribution >= 4 is 0 Å². The van der Waals surface area contributed by atoms with E-state index in [0.717, 1.165) is 28.9 Å². The molecule has 1 N–H and O–H groups in total. The van der Waals surface area contributed by atoms with Crippen LogP contribution in [0.5, 0.6) is 11.5 Å². The highest BCUT2D eigenvalue weighted by Crippen LogP contribution is 2.39. The predicted octanol–water partition coefficient (Wildman–Crippen LogP) is 3.37. The Morgan fingerprint density at radius 2 is 1.83 bits per heavy atom. The van der Waals surface area contributed by atoms with Crippen molar-refractivity contribution < 1.29 is 19.1 Å². The molecule has 152 valence electrons. The zero-order chi connectivity index (χ0) is 20.4. The lowest BCUT2D eigenvalue weighted by atomic mass is 9.95. The zero-order valence-corrected chi connectivity index (χ0v) is 16.9. The molecule has 7 heteroatoms. The first-order chi connectivity index (χ1) is 14.1. The number of methoxy groups -OCH3 is 2. The molecule has 0 spiro atoms. The minimum Gasteiger partial charge on any atom is -0.496 e. The zero-order valence-electron chi connectivity index (χ0n) is 16.9. The number of aromatic nitrogens is 2. The van der Waals surface area contributed by atoms with Crippen LogP contribution in [0.2, 0.25) is 0 Å². The topological polar surface area (TPSA) is 80.9 Å². The number of aliphatic hydroxyl groups is 1. The molecule has 4 rings (SSSR count). The van der Waals surface area contributed by atoms with Crippen LogP contribution in [-0.4, -0.2) is 40.9 Å². The highest BCUT2D eigenvalue weighted by Gasteiger charge is 2.30. The Morgan fingerprint density at radius 3 is 2.52 bits per heavy atom. The van der Waals surface area contributed by atoms with Gasteiger partial charge in [-0.2, -0.15) is 4.98 Å². The van der Waals surface area contributed by atoms with Crippen LogP contribution < -0.4 is 9.47 Å². The van der Waals surface area contributed by atoms with Crippen molar-refractivity contribution in [2.24, 2.45) is 0 Å². The van der Waals surface area contributed by atoms with Gasteiger partial charge in [0, 0.05) is 29.8 Å². The summed E-state index contributed by atoms with van der Waals surface area (Å²) in [6, 6.07) is 11.8. The van der Waals surface area contributed by atoms with Crippen LogP contribution >= 0.6 is 0 Å². The third-order valence-corrected chi connectivity index (χ3v) is 5.31. The van der Waals surface area contributed by atoms with E-state index in [-0.39, 0.29) is 0 Å². The van der Waals surface area contributed by atoms with Crippen LogP contribution in [0.15, 0.2) is 40.9 Å². The summed E-state index contributed by atoms with van der Waals surface area (Å²) in [6.07, 6.45) is 0.304. The largest absolute Gasteiger partial charge is 0.496 e. The fraction of sp³-hybridized carbons (Fsp3) is 0.364. The number of hydrogen-bond donors (Lipinski definition) is 1. The summed E-state index contributed by atoms with van der Waals surface area (Å²) < 4.78 is 16.4. The molecule has 0 radical (unpaired) electrons. The molecule has 29 heavy (non-hydrogen) atoms. The van der Waals surface area contributed by atoms with Crippen molar-refractivity contribution in [2.45, 2.75) is 32.5 Å². The second-order valence-electron chi connectivity index (χ2n) is 7.11. The molecule has 1 unspecified atom stereocenters. The molecule has 0 aliphatic carbocycles. The molecule has 2 heterocycles. The molecule has 0 saturated carbocycles. The van der Waals surface area contributed by atoms with Gasteiger partial charge in [0.15, 0.2) is 0 Å². The van der Waals surface area contributed by atoms with Gasteiger partial charge in [0.25, 0.3) is 0 Å². The molecular weight excluding hydrogens is 370 g/mol. The Morgan fingerprint density at radius 1 is 1.10 bits per heavy atom. The van der Waals surface area contributed by atoms with Crippen molar-refractivity contribution in [3.63, 3.8) is 0 Å². The molecule has 1 aliphatic heterocycles. The second kappa shape index (κ2) is 8.23. The Hall–Kier alpha value is -2.90. The SMILES string of the molecule is CCc1ccc(-c2noc(CN3Cc4c(OC)ccc(OC)c4C(O)C3)n2)cc1. The maximum absolute atomic E-state index is 10.7. The Kier molecular flexibility index (Phi) is 5.51. The van der Waals surface area contributed by atoms with Crippen LogP contribution in [0.25, 0.3) is 11.4 Å². The van der Waals surface area contributed by atoms with Gasteiger partial charge >= 0.3 is 0 Å². The van der Waals surface area contributed by atoms with Gasteiger partial charge in [-0.3, -0.25) is 4.90 Å². The Bertz CT molecular complexity index is 984. The van der Waals surface area contributed by atoms with E-state index in [0.29, 0.717) is 37.1 Å². The molecular formula is C22H25N3O4. The second-order valence-corrected chi connectivity index (χ2v) is 7.11. The number of fused-ring (bicyclic) bond motifs is 1. The average Bonchev–Trinajstić information content (AvgIpc) is 3.21. The van der Waals surface area contributed by atoms with Crippen molar-refractivity contribution in [3.8, 4) is 22.9 Å². The molecule has 1 aromatic heterocycles. The quantitative estimate of drug-likeness (QED) is 0.685. The number of ether oxygens (including phenoxy) is 2. The predicted molar refractivity (Wildman–Crippen MR) is 108 cm³/mol. The molecule has 1 atom stereocenters. The number of aliphatic hydroxyl groups excluding tert-OH is 1. The number of β-amino-alcohol motifs (C(OH)–C–C–N with tert-alkyl or cyclic N) is 1. The lowest BCUT2D eigenvalue weighted by Gasteiger charge is -2.33. The van der Waals surface area contributed by atoms with Gasteiger partial charge in [-0.1, -0.05) is 36.3 Å². The summed E-state index contributed by atoms with van der Waals surface area (Å²) >= 11 is 0. The maximum Gasteiger partial charge on any atom is 0.241 e. The van der Waals surface area contributed by atoms with Gasteiger partial charge in [0.1, 0.15) is 11.5 Å². The van der Waals surface area contributed by atoms with Crippen molar-refractivity contribution in [2.75, 3.05) is 20.8 Å². The minimum absolute atomic E-state index is 0.441. The average molecular weight is 395 g/mol. The molecule has 7 nitrogen and oxygen atoms in total. The van der Waals surface area contributed by atoms with Gasteiger partial charge in [-0.25, -0.2) is 0 Å². The van der Waals surface area contributed by atoms with Gasteiger partial charge in [-0.05, 0) is 24.1 Å². The van der Waals surface area contributed by atoms with E-state index in [1.165, 1.54) is 5.56 Å². The highest BCUT2D eigenvalue weighted by atomic mass is 16.5. The first-order valence-electron chi connectivity index (χ1n) is 9.69. The van der Waals surface area contributed by atoms with Crippen molar-refractivity contribution in [3.05, 3.63) is 59.0 Å². The van der Waals surface area contributed by atoms with Crippen LogP contribution in [0, 0.1) is 0 Å². The molecule has 0 bridgehead atoms. The fourth-order valence-corrected chi connectivity index (χ4v) is 3.78. The minimum atomic E-state index is -0.687. The van der Waals surface area contributed by atoms with E-state index in [2.05, 4.69) is 34.1 Å². The molecule has 0 amide bonds. The molecule has 0 saturated heterocycles. The van der Waals surface area contributed by atoms with E-state index in [4.69, 9.17) is 14.0 Å². The van der Waals surface area contributed by atoms with Crippen molar-refractivity contribution in [1.29, 1.82) is 0 Å². The van der Waals surface area contributed by atoms with Crippen LogP contribution in [0.1, 0.15) is 35.6 Å². The monoisotopic (exact) mass is 395 g/mol. The van der Waals surface area contributed by atoms with Gasteiger partial charge < -0.3 is 19.1 Å². The van der Waals surface area contributed by atoms with Gasteiger partial charge in [0.05, 0.1) is 26.9 Å². The maximum atomic E-state index is 10.7. The van der Waals surface area contributed by atoms with Crippen LogP contribution in [0.3, 0.4) is 0 Å². The summed E-state index contributed by atoms with van der Waals surface area (Å²) in [5.74, 6) is 2.48. The number of rotatable bonds is 6. The standard InChI is InChI=1S/C22H25N3O4/c1-4-14-5-7-15(8-6-14)22-23-20(29-24-22)13-25-11-16-18(27-2)9-10-19(28-3)21(16)17(26)12-25/h5-10,17,26H,4,11-13H2,1-3H3. The number of hydrogen-bond acceptors (Lipinski definition) is 7. The van der Waals surface area contributed by atoms with E-state index < -0.39 is 6.10 Å². The first-order valence-corrected chi connectivity index (χ1v) is 9.69. The summed E-state index contributed by atoms with van der Waals surface area (Å²) in [4.78, 5) is 6.59. The third kappa shape index (κ3) is 3.83. The highest BCUT2D eigenvalue weighted by molar-refractivity contribution is 5.54. The van der Waals surface area contributed by atoms with E-state index in [1.54, 1.807) is 14.2 Å². The summed E-state index contributed by atoms with van der Waals surface area (Å²) in [5, 5.41) is 14.8. The van der Waals surface area contributed by atoms with E-state index in [1.807, 2.05) is 24.3 Å². The van der Waals surface area contributed by atoms with Gasteiger partial charge in [0.2, 0.25) is 11.7 Å². The molecule has 3 aromatic rings. The van der Waals surface area contributed by atoms with Gasteiger partial charge in [-0.15, -0.1) is 0 Å². The van der Waals surface area contributed by atoms with E-state index in [9.17, 15) is 5.11 Å². The summed E-state index contributed by atoms with van der Waals surface area (Å²) in [6.45, 7) is 3.60. The lowest BCUT2D eigenvalue weighted by Crippen LogP contribution is -2.33. The number of nitrogens with zero attached hydrogens (tertiary/aromatic N) is 3. The van der Waals surface area contributed by atoms with Crippen molar-refractivity contribution in [1.82, 2.24) is 15.0 Å². The number of benzene rings is 2. The van der Waals surface area contributed by atoms with Crippen LogP contribution in [0.4, 0.5) is 0 Å². The molecule has 0 fully saturated rings. The lowest BCUT2D eigenvalue weighted by molar-refractivity contribution is 0.0779. The van der Waals surface area contributed by atoms with E-state index >= 15 is 0 Å². The Balaban J connectivity index is 1.54. The Labute approximate surface area is 169 Å². The molecule has 1 aliphatic rings. The molecule has 2 aromatic carbocycles. The van der Waals surface area contributed by atoms with Crippen LogP contribution in [-0.2, 0) is 19.5 Å². The smallest absolute Gasteiger partial charge is 0.241 e. The summed E-state index contributed by atoms with van der Waals surface area (Å²) in [5.41, 5.74) is 3.89.